The number of hydrogen-bond acceptors (Lipinski definition) is 4. The molecule has 0 saturated carbocycles. The summed E-state index contributed by atoms with van der Waals surface area (Å²) in [6.45, 7) is 1.88. The van der Waals surface area contributed by atoms with Gasteiger partial charge in [-0.1, -0.05) is 29.5 Å². The van der Waals surface area contributed by atoms with E-state index >= 15 is 0 Å². The molecule has 0 radical (unpaired) electrons. The summed E-state index contributed by atoms with van der Waals surface area (Å²) in [7, 11) is 0. The minimum absolute atomic E-state index is 0.127. The van der Waals surface area contributed by atoms with E-state index in [1.54, 1.807) is 30.6 Å². The maximum Gasteiger partial charge on any atom is 0.272 e. The van der Waals surface area contributed by atoms with Crippen molar-refractivity contribution in [3.8, 4) is 0 Å². The molecule has 0 unspecified atom stereocenters. The van der Waals surface area contributed by atoms with Gasteiger partial charge in [0.2, 0.25) is 4.96 Å². The van der Waals surface area contributed by atoms with Crippen LogP contribution in [0, 0.1) is 12.7 Å². The third kappa shape index (κ3) is 2.16. The van der Waals surface area contributed by atoms with E-state index in [0.717, 1.165) is 0 Å². The largest absolute Gasteiger partial charge is 0.346 e. The summed E-state index contributed by atoms with van der Waals surface area (Å²) >= 11 is 1.36. The number of benzene rings is 1. The lowest BCUT2D eigenvalue weighted by Crippen LogP contribution is -2.25. The molecule has 0 saturated heterocycles. The van der Waals surface area contributed by atoms with Crippen LogP contribution in [-0.2, 0) is 6.54 Å². The van der Waals surface area contributed by atoms with Crippen LogP contribution >= 0.6 is 11.3 Å². The highest BCUT2D eigenvalue weighted by molar-refractivity contribution is 7.14. The summed E-state index contributed by atoms with van der Waals surface area (Å²) in [4.78, 5) is 17.1. The van der Waals surface area contributed by atoms with Crippen molar-refractivity contribution in [1.82, 2.24) is 19.9 Å². The molecule has 3 aromatic rings. The fourth-order valence-electron chi connectivity index (χ4n) is 1.96. The summed E-state index contributed by atoms with van der Waals surface area (Å²) in [5, 5.41) is 6.76. The molecule has 0 spiro atoms. The Labute approximate surface area is 118 Å². The second-order valence-corrected chi connectivity index (χ2v) is 5.06. The van der Waals surface area contributed by atoms with Crippen LogP contribution in [0.1, 0.15) is 21.7 Å². The van der Waals surface area contributed by atoms with Gasteiger partial charge in [0.1, 0.15) is 11.3 Å². The van der Waals surface area contributed by atoms with E-state index < -0.39 is 0 Å². The topological polar surface area (TPSA) is 59.3 Å². The number of rotatable bonds is 3. The molecule has 1 aromatic carbocycles. The van der Waals surface area contributed by atoms with Crippen LogP contribution in [-0.4, -0.2) is 20.5 Å². The summed E-state index contributed by atoms with van der Waals surface area (Å²) in [6, 6.07) is 6.34. The number of nitrogens with one attached hydrogen (secondary N) is 1. The number of halogens is 1. The van der Waals surface area contributed by atoms with E-state index in [4.69, 9.17) is 0 Å². The fourth-order valence-corrected chi connectivity index (χ4v) is 2.62. The van der Waals surface area contributed by atoms with Gasteiger partial charge in [0.25, 0.3) is 5.91 Å². The van der Waals surface area contributed by atoms with Crippen LogP contribution in [0.2, 0.25) is 0 Å². The molecule has 2 aromatic heterocycles. The molecule has 2 heterocycles. The first-order valence-corrected chi connectivity index (χ1v) is 6.85. The van der Waals surface area contributed by atoms with Crippen molar-refractivity contribution in [2.45, 2.75) is 13.5 Å². The number of carbonyl (C=O) groups is 1. The molecule has 102 valence electrons. The van der Waals surface area contributed by atoms with Gasteiger partial charge in [-0.05, 0) is 13.0 Å². The lowest BCUT2D eigenvalue weighted by molar-refractivity contribution is 0.0943. The van der Waals surface area contributed by atoms with Crippen molar-refractivity contribution in [1.29, 1.82) is 0 Å². The van der Waals surface area contributed by atoms with E-state index in [1.165, 1.54) is 21.9 Å². The zero-order valence-electron chi connectivity index (χ0n) is 10.6. The van der Waals surface area contributed by atoms with Gasteiger partial charge in [-0.2, -0.15) is 9.61 Å². The predicted molar refractivity (Wildman–Crippen MR) is 73.2 cm³/mol. The van der Waals surface area contributed by atoms with Gasteiger partial charge >= 0.3 is 0 Å². The molecule has 7 heteroatoms. The Hall–Kier alpha value is -2.28. The van der Waals surface area contributed by atoms with Gasteiger partial charge in [0.05, 0.1) is 5.69 Å². The first kappa shape index (κ1) is 12.7. The smallest absolute Gasteiger partial charge is 0.272 e. The zero-order valence-corrected chi connectivity index (χ0v) is 11.4. The van der Waals surface area contributed by atoms with Crippen molar-refractivity contribution < 1.29 is 9.18 Å². The highest BCUT2D eigenvalue weighted by Gasteiger charge is 2.18. The molecule has 1 N–H and O–H groups in total. The van der Waals surface area contributed by atoms with Crippen LogP contribution in [0.5, 0.6) is 0 Å². The molecular weight excluding hydrogens is 279 g/mol. The zero-order chi connectivity index (χ0) is 14.1. The third-order valence-electron chi connectivity index (χ3n) is 2.93. The molecule has 20 heavy (non-hydrogen) atoms. The Morgan fingerprint density at radius 1 is 1.45 bits per heavy atom. The van der Waals surface area contributed by atoms with Crippen molar-refractivity contribution in [2.24, 2.45) is 0 Å². The van der Waals surface area contributed by atoms with Crippen molar-refractivity contribution >= 4 is 22.2 Å². The predicted octanol–water partition coefficient (Wildman–Crippen LogP) is 2.17. The number of amides is 1. The van der Waals surface area contributed by atoms with Gasteiger partial charge in [0.15, 0.2) is 5.69 Å². The second kappa shape index (κ2) is 5.01. The van der Waals surface area contributed by atoms with Gasteiger partial charge < -0.3 is 5.32 Å². The molecule has 0 aliphatic rings. The first-order chi connectivity index (χ1) is 9.66. The van der Waals surface area contributed by atoms with Crippen LogP contribution in [0.3, 0.4) is 0 Å². The number of aryl methyl sites for hydroxylation is 1. The standard InChI is InChI=1S/C13H11FN4OS/c1-8-11(18-13(17-8)20-7-16-18)12(19)15-6-9-4-2-3-5-10(9)14/h2-5,7H,6H2,1H3,(H,15,19). The Morgan fingerprint density at radius 3 is 3.05 bits per heavy atom. The molecule has 3 rings (SSSR count). The second-order valence-electron chi connectivity index (χ2n) is 4.25. The molecule has 5 nitrogen and oxygen atoms in total. The summed E-state index contributed by atoms with van der Waals surface area (Å²) < 4.78 is 15.0. The lowest BCUT2D eigenvalue weighted by Gasteiger charge is -2.05. The van der Waals surface area contributed by atoms with E-state index in [0.29, 0.717) is 21.9 Å². The van der Waals surface area contributed by atoms with E-state index in [-0.39, 0.29) is 18.3 Å². The highest BCUT2D eigenvalue weighted by Crippen LogP contribution is 2.14. The Morgan fingerprint density at radius 2 is 2.25 bits per heavy atom. The summed E-state index contributed by atoms with van der Waals surface area (Å²) in [5.74, 6) is -0.652. The monoisotopic (exact) mass is 290 g/mol. The lowest BCUT2D eigenvalue weighted by atomic mass is 10.2. The minimum Gasteiger partial charge on any atom is -0.346 e. The Bertz CT molecular complexity index is 780. The van der Waals surface area contributed by atoms with Crippen molar-refractivity contribution in [2.75, 3.05) is 0 Å². The SMILES string of the molecule is Cc1nc2scnn2c1C(=O)NCc1ccccc1F. The quantitative estimate of drug-likeness (QED) is 0.804. The molecule has 0 aliphatic heterocycles. The fraction of sp³-hybridized carbons (Fsp3) is 0.154. The number of fused-ring (bicyclic) bond motifs is 1. The van der Waals surface area contributed by atoms with Gasteiger partial charge in [-0.25, -0.2) is 9.37 Å². The summed E-state index contributed by atoms with van der Waals surface area (Å²) in [6.07, 6.45) is 0. The first-order valence-electron chi connectivity index (χ1n) is 5.97. The maximum absolute atomic E-state index is 13.5. The maximum atomic E-state index is 13.5. The van der Waals surface area contributed by atoms with E-state index in [2.05, 4.69) is 15.4 Å². The third-order valence-corrected chi connectivity index (χ3v) is 3.61. The number of carbonyl (C=O) groups excluding carboxylic acids is 1. The number of nitrogens with zero attached hydrogens (tertiary/aromatic N) is 3. The van der Waals surface area contributed by atoms with Gasteiger partial charge in [0, 0.05) is 12.1 Å². The highest BCUT2D eigenvalue weighted by atomic mass is 32.1. The summed E-state index contributed by atoms with van der Waals surface area (Å²) in [5.41, 5.74) is 3.06. The minimum atomic E-state index is -0.336. The van der Waals surface area contributed by atoms with Crippen LogP contribution in [0.15, 0.2) is 29.8 Å². The molecule has 0 atom stereocenters. The Balaban J connectivity index is 1.82. The van der Waals surface area contributed by atoms with Crippen LogP contribution in [0.25, 0.3) is 4.96 Å². The normalized spacial score (nSPS) is 10.9. The van der Waals surface area contributed by atoms with Crippen LogP contribution in [0.4, 0.5) is 4.39 Å². The molecule has 0 bridgehead atoms. The van der Waals surface area contributed by atoms with Gasteiger partial charge in [-0.3, -0.25) is 4.79 Å². The molecule has 0 fully saturated rings. The molecule has 0 aliphatic carbocycles. The molecule has 1 amide bonds. The average Bonchev–Trinajstić information content (AvgIpc) is 2.97. The van der Waals surface area contributed by atoms with E-state index in [1.807, 2.05) is 0 Å². The van der Waals surface area contributed by atoms with Crippen molar-refractivity contribution in [3.63, 3.8) is 0 Å². The average molecular weight is 290 g/mol. The van der Waals surface area contributed by atoms with Crippen LogP contribution < -0.4 is 5.32 Å². The number of aromatic nitrogens is 3. The Kier molecular flexibility index (Phi) is 3.19. The van der Waals surface area contributed by atoms with Gasteiger partial charge in [-0.15, -0.1) is 0 Å². The number of hydrogen-bond donors (Lipinski definition) is 1. The molecular formula is C13H11FN4OS. The van der Waals surface area contributed by atoms with Crippen molar-refractivity contribution in [3.05, 3.63) is 52.5 Å². The van der Waals surface area contributed by atoms with E-state index in [9.17, 15) is 9.18 Å². The number of imidazole rings is 1.